The molecular formula is C22H30N3O3+. The van der Waals surface area contributed by atoms with Gasteiger partial charge >= 0.3 is 0 Å². The fourth-order valence-electron chi connectivity index (χ4n) is 3.06. The van der Waals surface area contributed by atoms with Gasteiger partial charge in [-0.2, -0.15) is 0 Å². The zero-order valence-corrected chi connectivity index (χ0v) is 17.1. The van der Waals surface area contributed by atoms with Gasteiger partial charge in [0.05, 0.1) is 14.2 Å². The lowest BCUT2D eigenvalue weighted by atomic mass is 10.1. The highest BCUT2D eigenvalue weighted by Crippen LogP contribution is 2.13. The highest BCUT2D eigenvalue weighted by Gasteiger charge is 2.15. The minimum Gasteiger partial charge on any atom is -0.497 e. The van der Waals surface area contributed by atoms with Crippen LogP contribution in [0.3, 0.4) is 0 Å². The third-order valence-electron chi connectivity index (χ3n) is 4.57. The Kier molecular flexibility index (Phi) is 8.02. The average molecular weight is 385 g/mol. The minimum absolute atomic E-state index is 0.0247. The molecule has 0 aromatic heterocycles. The van der Waals surface area contributed by atoms with E-state index in [0.717, 1.165) is 22.8 Å². The van der Waals surface area contributed by atoms with Crippen LogP contribution in [0.5, 0.6) is 5.75 Å². The van der Waals surface area contributed by atoms with Gasteiger partial charge in [0.25, 0.3) is 11.8 Å². The molecule has 2 aromatic rings. The van der Waals surface area contributed by atoms with Crippen LogP contribution in [0.4, 0.5) is 5.69 Å². The summed E-state index contributed by atoms with van der Waals surface area (Å²) in [6.45, 7) is 6.29. The lowest BCUT2D eigenvalue weighted by Gasteiger charge is -2.19. The molecule has 0 aliphatic carbocycles. The number of nitrogens with zero attached hydrogens (tertiary/aromatic N) is 1. The molecule has 0 saturated carbocycles. The summed E-state index contributed by atoms with van der Waals surface area (Å²) in [7, 11) is 3.62. The van der Waals surface area contributed by atoms with Crippen molar-refractivity contribution in [3.05, 3.63) is 59.7 Å². The number of quaternary nitrogens is 1. The van der Waals surface area contributed by atoms with Crippen LogP contribution in [0.25, 0.3) is 0 Å². The number of nitrogens with one attached hydrogen (secondary N) is 2. The van der Waals surface area contributed by atoms with E-state index in [0.29, 0.717) is 30.9 Å². The van der Waals surface area contributed by atoms with E-state index in [9.17, 15) is 9.59 Å². The van der Waals surface area contributed by atoms with Crippen LogP contribution >= 0.6 is 0 Å². The number of carbonyl (C=O) groups is 2. The van der Waals surface area contributed by atoms with E-state index >= 15 is 0 Å². The Morgan fingerprint density at radius 2 is 1.75 bits per heavy atom. The van der Waals surface area contributed by atoms with Crippen molar-refractivity contribution in [3.63, 3.8) is 0 Å². The molecule has 0 radical (unpaired) electrons. The molecule has 6 nitrogen and oxygen atoms in total. The van der Waals surface area contributed by atoms with Gasteiger partial charge in [-0.25, -0.2) is 0 Å². The fraction of sp³-hybridized carbons (Fsp3) is 0.364. The fourth-order valence-corrected chi connectivity index (χ4v) is 3.06. The molecule has 0 bridgehead atoms. The number of methoxy groups -OCH3 is 1. The van der Waals surface area contributed by atoms with E-state index < -0.39 is 0 Å². The zero-order chi connectivity index (χ0) is 20.5. The third-order valence-corrected chi connectivity index (χ3v) is 4.57. The Balaban J connectivity index is 1.93. The average Bonchev–Trinajstić information content (AvgIpc) is 2.69. The van der Waals surface area contributed by atoms with Gasteiger partial charge in [0, 0.05) is 29.9 Å². The molecule has 2 amide bonds. The Hall–Kier alpha value is -2.86. The summed E-state index contributed by atoms with van der Waals surface area (Å²) >= 11 is 0. The second-order valence-electron chi connectivity index (χ2n) is 6.77. The molecule has 0 heterocycles. The van der Waals surface area contributed by atoms with E-state index in [1.54, 1.807) is 36.3 Å². The van der Waals surface area contributed by atoms with Crippen molar-refractivity contribution < 1.29 is 19.2 Å². The number of likely N-dealkylation sites (N-methyl/N-ethyl adjacent to an activating group) is 1. The summed E-state index contributed by atoms with van der Waals surface area (Å²) in [4.78, 5) is 27.7. The number of benzene rings is 2. The molecule has 0 spiro atoms. The van der Waals surface area contributed by atoms with Crippen LogP contribution in [-0.4, -0.2) is 50.5 Å². The largest absolute Gasteiger partial charge is 0.497 e. The second kappa shape index (κ2) is 10.5. The van der Waals surface area contributed by atoms with Crippen molar-refractivity contribution >= 4 is 17.5 Å². The molecule has 2 rings (SSSR count). The van der Waals surface area contributed by atoms with Gasteiger partial charge in [0.2, 0.25) is 0 Å². The minimum atomic E-state index is -0.0848. The molecule has 1 atom stereocenters. The second-order valence-corrected chi connectivity index (χ2v) is 6.77. The van der Waals surface area contributed by atoms with Crippen molar-refractivity contribution in [1.29, 1.82) is 0 Å². The van der Waals surface area contributed by atoms with Crippen molar-refractivity contribution in [2.45, 2.75) is 20.4 Å². The van der Waals surface area contributed by atoms with E-state index in [2.05, 4.69) is 5.32 Å². The zero-order valence-electron chi connectivity index (χ0n) is 17.1. The molecule has 6 heteroatoms. The smallest absolute Gasteiger partial charge is 0.279 e. The quantitative estimate of drug-likeness (QED) is 0.693. The van der Waals surface area contributed by atoms with Crippen molar-refractivity contribution in [1.82, 2.24) is 4.90 Å². The van der Waals surface area contributed by atoms with E-state index in [-0.39, 0.29) is 11.8 Å². The number of hydrogen-bond acceptors (Lipinski definition) is 3. The molecule has 2 N–H and O–H groups in total. The summed E-state index contributed by atoms with van der Waals surface area (Å²) in [5.74, 6) is 0.708. The van der Waals surface area contributed by atoms with Gasteiger partial charge in [-0.15, -0.1) is 0 Å². The van der Waals surface area contributed by atoms with Gasteiger partial charge in [-0.1, -0.05) is 6.07 Å². The van der Waals surface area contributed by atoms with Crippen LogP contribution < -0.4 is 15.0 Å². The van der Waals surface area contributed by atoms with E-state index in [4.69, 9.17) is 4.74 Å². The maximum Gasteiger partial charge on any atom is 0.279 e. The van der Waals surface area contributed by atoms with Crippen LogP contribution in [0.2, 0.25) is 0 Å². The Morgan fingerprint density at radius 1 is 1.07 bits per heavy atom. The molecule has 0 saturated heterocycles. The first-order valence-corrected chi connectivity index (χ1v) is 9.60. The molecule has 150 valence electrons. The summed E-state index contributed by atoms with van der Waals surface area (Å²) < 4.78 is 5.16. The summed E-state index contributed by atoms with van der Waals surface area (Å²) in [5.41, 5.74) is 2.36. The van der Waals surface area contributed by atoms with Crippen LogP contribution in [0, 0.1) is 0 Å². The van der Waals surface area contributed by atoms with Crippen LogP contribution in [0.1, 0.15) is 29.8 Å². The van der Waals surface area contributed by atoms with E-state index in [1.165, 1.54) is 0 Å². The van der Waals surface area contributed by atoms with Gasteiger partial charge in [-0.3, -0.25) is 9.59 Å². The Morgan fingerprint density at radius 3 is 2.36 bits per heavy atom. The monoisotopic (exact) mass is 384 g/mol. The van der Waals surface area contributed by atoms with Crippen molar-refractivity contribution in [2.75, 3.05) is 39.1 Å². The predicted molar refractivity (Wildman–Crippen MR) is 111 cm³/mol. The predicted octanol–water partition coefficient (Wildman–Crippen LogP) is 1.83. The maximum atomic E-state index is 12.5. The third kappa shape index (κ3) is 6.09. The Labute approximate surface area is 167 Å². The van der Waals surface area contributed by atoms with Gasteiger partial charge < -0.3 is 19.9 Å². The standard InChI is InChI=1S/C22H29N3O3/c1-5-25(6-2)22(27)18-8-7-9-19(14-18)23-21(26)16-24(3)15-17-10-12-20(28-4)13-11-17/h7-14H,5-6,15-16H2,1-4H3,(H,23,26)/p+1. The summed E-state index contributed by atoms with van der Waals surface area (Å²) in [6.07, 6.45) is 0. The van der Waals surface area contributed by atoms with Gasteiger partial charge in [0.1, 0.15) is 12.3 Å². The number of hydrogen-bond donors (Lipinski definition) is 2. The number of amides is 2. The summed E-state index contributed by atoms with van der Waals surface area (Å²) in [5, 5.41) is 2.90. The van der Waals surface area contributed by atoms with Gasteiger partial charge in [0.15, 0.2) is 6.54 Å². The van der Waals surface area contributed by atoms with Crippen LogP contribution in [0.15, 0.2) is 48.5 Å². The molecular weight excluding hydrogens is 354 g/mol. The topological polar surface area (TPSA) is 63.1 Å². The Bertz CT molecular complexity index is 786. The molecule has 0 aliphatic heterocycles. The normalized spacial score (nSPS) is 11.6. The molecule has 0 fully saturated rings. The molecule has 28 heavy (non-hydrogen) atoms. The number of carbonyl (C=O) groups excluding carboxylic acids is 2. The number of ether oxygens (including phenoxy) is 1. The highest BCUT2D eigenvalue weighted by molar-refractivity contribution is 5.97. The summed E-state index contributed by atoms with van der Waals surface area (Å²) in [6, 6.07) is 14.9. The molecule has 1 unspecified atom stereocenters. The number of anilines is 1. The first-order chi connectivity index (χ1) is 13.5. The highest BCUT2D eigenvalue weighted by atomic mass is 16.5. The lowest BCUT2D eigenvalue weighted by molar-refractivity contribution is -0.885. The lowest BCUT2D eigenvalue weighted by Crippen LogP contribution is -3.08. The SMILES string of the molecule is CCN(CC)C(=O)c1cccc(NC(=O)C[NH+](C)Cc2ccc(OC)cc2)c1. The number of rotatable bonds is 9. The van der Waals surface area contributed by atoms with Crippen LogP contribution in [-0.2, 0) is 11.3 Å². The maximum absolute atomic E-state index is 12.5. The first-order valence-electron chi connectivity index (χ1n) is 9.60. The molecule has 0 aliphatic rings. The van der Waals surface area contributed by atoms with E-state index in [1.807, 2.05) is 45.2 Å². The van der Waals surface area contributed by atoms with Gasteiger partial charge in [-0.05, 0) is 56.3 Å². The molecule has 2 aromatic carbocycles. The first kappa shape index (κ1) is 21.4. The van der Waals surface area contributed by atoms with Crippen molar-refractivity contribution in [2.24, 2.45) is 0 Å². The van der Waals surface area contributed by atoms with Crippen molar-refractivity contribution in [3.8, 4) is 5.75 Å².